The molecule has 28 heavy (non-hydrogen) atoms. The zero-order chi connectivity index (χ0) is 19.9. The molecule has 2 N–H and O–H groups in total. The van der Waals surface area contributed by atoms with Crippen molar-refractivity contribution in [3.8, 4) is 5.75 Å². The highest BCUT2D eigenvalue weighted by Gasteiger charge is 2.21. The number of ether oxygens (including phenoxy) is 2. The van der Waals surface area contributed by atoms with Crippen molar-refractivity contribution in [3.63, 3.8) is 0 Å². The summed E-state index contributed by atoms with van der Waals surface area (Å²) in [4.78, 5) is 27.0. The number of anilines is 1. The Kier molecular flexibility index (Phi) is 6.57. The highest BCUT2D eigenvalue weighted by atomic mass is 32.1. The molecule has 0 spiro atoms. The van der Waals surface area contributed by atoms with Gasteiger partial charge in [0.1, 0.15) is 5.75 Å². The molecule has 146 valence electrons. The van der Waals surface area contributed by atoms with Gasteiger partial charge in [0.05, 0.1) is 37.1 Å². The largest absolute Gasteiger partial charge is 0.496 e. The van der Waals surface area contributed by atoms with Gasteiger partial charge in [-0.25, -0.2) is 0 Å². The molecular weight excluding hydrogens is 378 g/mol. The van der Waals surface area contributed by atoms with Crippen LogP contribution in [0.25, 0.3) is 0 Å². The standard InChI is InChI=1S/C20H21N3O4S/c1-26-17-9-5-3-7-15(17)18(24)22-20(28)21-16-8-4-2-6-14(16)19(25)23-10-12-27-13-11-23/h2-9H,10-13H2,1H3,(H2,21,22,24,28). The van der Waals surface area contributed by atoms with Gasteiger partial charge in [0.25, 0.3) is 11.8 Å². The first-order chi connectivity index (χ1) is 13.6. The van der Waals surface area contributed by atoms with Crippen molar-refractivity contribution >= 4 is 34.8 Å². The van der Waals surface area contributed by atoms with E-state index in [1.165, 1.54) is 7.11 Å². The van der Waals surface area contributed by atoms with Crippen LogP contribution in [0.4, 0.5) is 5.69 Å². The number of methoxy groups -OCH3 is 1. The number of hydrogen-bond donors (Lipinski definition) is 2. The molecule has 8 heteroatoms. The fourth-order valence-electron chi connectivity index (χ4n) is 2.87. The molecule has 2 aromatic rings. The first-order valence-electron chi connectivity index (χ1n) is 8.81. The average molecular weight is 399 g/mol. The van der Waals surface area contributed by atoms with Gasteiger partial charge in [-0.2, -0.15) is 0 Å². The van der Waals surface area contributed by atoms with Crippen LogP contribution in [0.15, 0.2) is 48.5 Å². The maximum atomic E-state index is 12.8. The molecule has 0 saturated carbocycles. The molecular formula is C20H21N3O4S. The first kappa shape index (κ1) is 19.8. The highest BCUT2D eigenvalue weighted by Crippen LogP contribution is 2.19. The molecule has 0 bridgehead atoms. The fourth-order valence-corrected chi connectivity index (χ4v) is 3.07. The van der Waals surface area contributed by atoms with Crippen molar-refractivity contribution in [2.24, 2.45) is 0 Å². The van der Waals surface area contributed by atoms with Crippen molar-refractivity contribution in [2.45, 2.75) is 0 Å². The van der Waals surface area contributed by atoms with Crippen LogP contribution in [0, 0.1) is 0 Å². The molecule has 0 radical (unpaired) electrons. The Hall–Kier alpha value is -2.97. The monoisotopic (exact) mass is 399 g/mol. The third-order valence-electron chi connectivity index (χ3n) is 4.28. The number of nitrogens with zero attached hydrogens (tertiary/aromatic N) is 1. The van der Waals surface area contributed by atoms with E-state index in [1.54, 1.807) is 53.4 Å². The first-order valence-corrected chi connectivity index (χ1v) is 9.22. The van der Waals surface area contributed by atoms with Crippen LogP contribution in [0.5, 0.6) is 5.75 Å². The number of carbonyl (C=O) groups excluding carboxylic acids is 2. The summed E-state index contributed by atoms with van der Waals surface area (Å²) in [5.41, 5.74) is 1.38. The minimum Gasteiger partial charge on any atom is -0.496 e. The van der Waals surface area contributed by atoms with E-state index >= 15 is 0 Å². The SMILES string of the molecule is COc1ccccc1C(=O)NC(=S)Nc1ccccc1C(=O)N1CCOCC1. The molecule has 3 rings (SSSR count). The second-order valence-electron chi connectivity index (χ2n) is 6.06. The Morgan fingerprint density at radius 1 is 1.04 bits per heavy atom. The molecule has 1 fully saturated rings. The predicted molar refractivity (Wildman–Crippen MR) is 110 cm³/mol. The number of hydrogen-bond acceptors (Lipinski definition) is 5. The maximum Gasteiger partial charge on any atom is 0.261 e. The second kappa shape index (κ2) is 9.29. The molecule has 0 unspecified atom stereocenters. The van der Waals surface area contributed by atoms with Crippen LogP contribution < -0.4 is 15.4 Å². The lowest BCUT2D eigenvalue weighted by Crippen LogP contribution is -2.41. The Morgan fingerprint density at radius 2 is 1.68 bits per heavy atom. The molecule has 1 aliphatic rings. The zero-order valence-electron chi connectivity index (χ0n) is 15.4. The van der Waals surface area contributed by atoms with E-state index in [0.29, 0.717) is 48.9 Å². The summed E-state index contributed by atoms with van der Waals surface area (Å²) in [5, 5.41) is 5.67. The molecule has 0 aromatic heterocycles. The lowest BCUT2D eigenvalue weighted by atomic mass is 10.1. The third kappa shape index (κ3) is 4.65. The number of carbonyl (C=O) groups is 2. The van der Waals surface area contributed by atoms with Gasteiger partial charge in [0.15, 0.2) is 5.11 Å². The summed E-state index contributed by atoms with van der Waals surface area (Å²) >= 11 is 5.27. The minimum atomic E-state index is -0.396. The van der Waals surface area contributed by atoms with E-state index in [4.69, 9.17) is 21.7 Å². The van der Waals surface area contributed by atoms with E-state index in [-0.39, 0.29) is 11.0 Å². The number of para-hydroxylation sites is 2. The van der Waals surface area contributed by atoms with E-state index in [9.17, 15) is 9.59 Å². The van der Waals surface area contributed by atoms with Crippen LogP contribution in [-0.4, -0.2) is 55.2 Å². The van der Waals surface area contributed by atoms with Gasteiger partial charge in [-0.05, 0) is 36.5 Å². The van der Waals surface area contributed by atoms with Gasteiger partial charge in [-0.1, -0.05) is 24.3 Å². The normalized spacial score (nSPS) is 13.5. The van der Waals surface area contributed by atoms with Gasteiger partial charge in [-0.3, -0.25) is 14.9 Å². The van der Waals surface area contributed by atoms with E-state index in [2.05, 4.69) is 10.6 Å². The number of morpholine rings is 1. The van der Waals surface area contributed by atoms with Gasteiger partial charge >= 0.3 is 0 Å². The number of nitrogens with one attached hydrogen (secondary N) is 2. The molecule has 0 aliphatic carbocycles. The summed E-state index contributed by atoms with van der Waals surface area (Å²) in [5.74, 6) is -0.0529. The van der Waals surface area contributed by atoms with Crippen LogP contribution in [0.2, 0.25) is 0 Å². The second-order valence-corrected chi connectivity index (χ2v) is 6.47. The van der Waals surface area contributed by atoms with Crippen molar-refractivity contribution in [2.75, 3.05) is 38.7 Å². The molecule has 0 atom stereocenters. The average Bonchev–Trinajstić information content (AvgIpc) is 2.74. The summed E-state index contributed by atoms with van der Waals surface area (Å²) in [7, 11) is 1.50. The molecule has 1 aliphatic heterocycles. The smallest absolute Gasteiger partial charge is 0.261 e. The van der Waals surface area contributed by atoms with Crippen molar-refractivity contribution in [3.05, 3.63) is 59.7 Å². The summed E-state index contributed by atoms with van der Waals surface area (Å²) in [6.45, 7) is 2.13. The lowest BCUT2D eigenvalue weighted by molar-refractivity contribution is 0.0303. The van der Waals surface area contributed by atoms with E-state index in [1.807, 2.05) is 0 Å². The summed E-state index contributed by atoms with van der Waals surface area (Å²) < 4.78 is 10.5. The van der Waals surface area contributed by atoms with Gasteiger partial charge in [-0.15, -0.1) is 0 Å². The molecule has 7 nitrogen and oxygen atoms in total. The Morgan fingerprint density at radius 3 is 2.39 bits per heavy atom. The van der Waals surface area contributed by atoms with Crippen LogP contribution >= 0.6 is 12.2 Å². The number of amides is 2. The topological polar surface area (TPSA) is 79.9 Å². The summed E-state index contributed by atoms with van der Waals surface area (Å²) in [6.07, 6.45) is 0. The zero-order valence-corrected chi connectivity index (χ0v) is 16.3. The van der Waals surface area contributed by atoms with Crippen molar-refractivity contribution in [1.29, 1.82) is 0 Å². The number of thiocarbonyl (C=S) groups is 1. The minimum absolute atomic E-state index is 0.0955. The van der Waals surface area contributed by atoms with Crippen molar-refractivity contribution < 1.29 is 19.1 Å². The maximum absolute atomic E-state index is 12.8. The van der Waals surface area contributed by atoms with Crippen LogP contribution in [0.1, 0.15) is 20.7 Å². The third-order valence-corrected chi connectivity index (χ3v) is 4.49. The Balaban J connectivity index is 1.70. The van der Waals surface area contributed by atoms with Gasteiger partial charge in [0, 0.05) is 13.1 Å². The van der Waals surface area contributed by atoms with Crippen LogP contribution in [0.3, 0.4) is 0 Å². The van der Waals surface area contributed by atoms with Crippen LogP contribution in [-0.2, 0) is 4.74 Å². The van der Waals surface area contributed by atoms with E-state index in [0.717, 1.165) is 0 Å². The predicted octanol–water partition coefficient (Wildman–Crippen LogP) is 2.29. The molecule has 2 aromatic carbocycles. The van der Waals surface area contributed by atoms with Gasteiger partial charge in [0.2, 0.25) is 0 Å². The molecule has 1 heterocycles. The molecule has 1 saturated heterocycles. The Bertz CT molecular complexity index is 881. The molecule has 2 amide bonds. The highest BCUT2D eigenvalue weighted by molar-refractivity contribution is 7.80. The quantitative estimate of drug-likeness (QED) is 0.768. The summed E-state index contributed by atoms with van der Waals surface area (Å²) in [6, 6.07) is 13.9. The Labute approximate surface area is 168 Å². The van der Waals surface area contributed by atoms with E-state index < -0.39 is 5.91 Å². The van der Waals surface area contributed by atoms with Gasteiger partial charge < -0.3 is 19.7 Å². The fraction of sp³-hybridized carbons (Fsp3) is 0.250. The van der Waals surface area contributed by atoms with Crippen molar-refractivity contribution in [1.82, 2.24) is 10.2 Å². The number of benzene rings is 2. The lowest BCUT2D eigenvalue weighted by Gasteiger charge is -2.27. The number of rotatable bonds is 4.